The van der Waals surface area contributed by atoms with Crippen molar-refractivity contribution in [1.82, 2.24) is 15.2 Å². The van der Waals surface area contributed by atoms with Gasteiger partial charge in [0.25, 0.3) is 0 Å². The third kappa shape index (κ3) is 9.98. The van der Waals surface area contributed by atoms with Crippen LogP contribution >= 0.6 is 0 Å². The molecule has 0 radical (unpaired) electrons. The molecule has 1 aromatic heterocycles. The molecule has 0 aliphatic heterocycles. The first kappa shape index (κ1) is 28.4. The fourth-order valence-electron chi connectivity index (χ4n) is 4.29. The Bertz CT molecular complexity index is 1080. The highest BCUT2D eigenvalue weighted by Gasteiger charge is 2.27. The Labute approximate surface area is 221 Å². The van der Waals surface area contributed by atoms with Gasteiger partial charge in [-0.05, 0) is 56.4 Å². The number of aliphatic hydroxyl groups excluding tert-OH is 1. The topological polar surface area (TPSA) is 74.7 Å². The van der Waals surface area contributed by atoms with Crippen LogP contribution in [-0.4, -0.2) is 51.9 Å². The van der Waals surface area contributed by atoms with Crippen molar-refractivity contribution in [3.05, 3.63) is 90.1 Å². The molecule has 0 spiro atoms. The van der Waals surface area contributed by atoms with E-state index in [0.29, 0.717) is 25.4 Å². The standard InChI is InChI=1S/C31H41N3O3/c1-23(2)20-34(21-25-14-16-26(17-15-25)27-13-9-10-18-32-27)22-29(35)28(19-24-11-7-6-8-12-24)33-30(36)37-31(3,4)5/h6-18,23,28-29,35H,19-22H2,1-5H3,(H,33,36)/t28-,29+/m0/s1. The average molecular weight is 504 g/mol. The molecule has 2 atom stereocenters. The minimum atomic E-state index is -0.778. The van der Waals surface area contributed by atoms with Crippen molar-refractivity contribution in [2.75, 3.05) is 13.1 Å². The number of amides is 1. The first-order valence-electron chi connectivity index (χ1n) is 13.0. The number of ether oxygens (including phenoxy) is 1. The maximum Gasteiger partial charge on any atom is 0.407 e. The molecule has 3 aromatic rings. The largest absolute Gasteiger partial charge is 0.444 e. The number of rotatable bonds is 11. The molecule has 0 aliphatic rings. The number of carbonyl (C=O) groups excluding carboxylic acids is 1. The Kier molecular flexibility index (Phi) is 10.2. The van der Waals surface area contributed by atoms with E-state index in [2.05, 4.69) is 53.3 Å². The second-order valence-electron chi connectivity index (χ2n) is 11.0. The van der Waals surface area contributed by atoms with E-state index in [4.69, 9.17) is 4.74 Å². The molecule has 6 nitrogen and oxygen atoms in total. The van der Waals surface area contributed by atoms with Crippen LogP contribution in [0.5, 0.6) is 0 Å². The molecule has 0 unspecified atom stereocenters. The summed E-state index contributed by atoms with van der Waals surface area (Å²) in [6.07, 6.45) is 1.01. The number of aromatic nitrogens is 1. The zero-order chi connectivity index (χ0) is 26.8. The number of hydrogen-bond acceptors (Lipinski definition) is 5. The molecule has 0 saturated heterocycles. The van der Waals surface area contributed by atoms with Crippen LogP contribution in [0.2, 0.25) is 0 Å². The molecule has 37 heavy (non-hydrogen) atoms. The van der Waals surface area contributed by atoms with Crippen LogP contribution in [0, 0.1) is 5.92 Å². The summed E-state index contributed by atoms with van der Waals surface area (Å²) in [5, 5.41) is 14.3. The minimum Gasteiger partial charge on any atom is -0.444 e. The van der Waals surface area contributed by atoms with Gasteiger partial charge in [0.15, 0.2) is 0 Å². The summed E-state index contributed by atoms with van der Waals surface area (Å²) >= 11 is 0. The van der Waals surface area contributed by atoms with E-state index in [9.17, 15) is 9.90 Å². The summed E-state index contributed by atoms with van der Waals surface area (Å²) in [4.78, 5) is 19.3. The van der Waals surface area contributed by atoms with Crippen LogP contribution in [0.4, 0.5) is 4.79 Å². The van der Waals surface area contributed by atoms with Crippen molar-refractivity contribution in [2.24, 2.45) is 5.92 Å². The lowest BCUT2D eigenvalue weighted by atomic mass is 10.00. The lowest BCUT2D eigenvalue weighted by molar-refractivity contribution is 0.0348. The highest BCUT2D eigenvalue weighted by molar-refractivity contribution is 5.68. The predicted molar refractivity (Wildman–Crippen MR) is 149 cm³/mol. The summed E-state index contributed by atoms with van der Waals surface area (Å²) in [7, 11) is 0. The Morgan fingerprint density at radius 3 is 2.22 bits per heavy atom. The molecule has 0 bridgehead atoms. The quantitative estimate of drug-likeness (QED) is 0.351. The minimum absolute atomic E-state index is 0.423. The van der Waals surface area contributed by atoms with Crippen LogP contribution in [0.1, 0.15) is 45.7 Å². The molecule has 1 amide bonds. The lowest BCUT2D eigenvalue weighted by Crippen LogP contribution is -2.50. The average Bonchev–Trinajstić information content (AvgIpc) is 2.84. The van der Waals surface area contributed by atoms with Gasteiger partial charge in [-0.2, -0.15) is 0 Å². The predicted octanol–water partition coefficient (Wildman–Crippen LogP) is 5.70. The molecule has 1 heterocycles. The number of pyridine rings is 1. The zero-order valence-corrected chi connectivity index (χ0v) is 22.7. The van der Waals surface area contributed by atoms with Gasteiger partial charge in [-0.1, -0.05) is 74.5 Å². The van der Waals surface area contributed by atoms with Crippen molar-refractivity contribution in [2.45, 2.75) is 65.3 Å². The van der Waals surface area contributed by atoms with E-state index in [1.165, 1.54) is 0 Å². The third-order valence-electron chi connectivity index (χ3n) is 5.85. The number of aliphatic hydroxyl groups is 1. The lowest BCUT2D eigenvalue weighted by Gasteiger charge is -2.32. The summed E-state index contributed by atoms with van der Waals surface area (Å²) < 4.78 is 5.49. The van der Waals surface area contributed by atoms with Gasteiger partial charge >= 0.3 is 6.09 Å². The van der Waals surface area contributed by atoms with Crippen molar-refractivity contribution < 1.29 is 14.6 Å². The van der Waals surface area contributed by atoms with Gasteiger partial charge in [0.05, 0.1) is 17.8 Å². The first-order chi connectivity index (χ1) is 17.6. The van der Waals surface area contributed by atoms with Crippen molar-refractivity contribution >= 4 is 6.09 Å². The number of carbonyl (C=O) groups is 1. The number of nitrogens with zero attached hydrogens (tertiary/aromatic N) is 2. The van der Waals surface area contributed by atoms with Gasteiger partial charge in [0, 0.05) is 31.4 Å². The number of alkyl carbamates (subject to hydrolysis) is 1. The zero-order valence-electron chi connectivity index (χ0n) is 22.7. The normalized spacial score (nSPS) is 13.4. The van der Waals surface area contributed by atoms with Crippen molar-refractivity contribution in [1.29, 1.82) is 0 Å². The molecule has 198 valence electrons. The van der Waals surface area contributed by atoms with Crippen LogP contribution in [0.15, 0.2) is 79.0 Å². The summed E-state index contributed by atoms with van der Waals surface area (Å²) in [5.74, 6) is 0.423. The monoisotopic (exact) mass is 503 g/mol. The van der Waals surface area contributed by atoms with E-state index >= 15 is 0 Å². The highest BCUT2D eigenvalue weighted by Crippen LogP contribution is 2.19. The van der Waals surface area contributed by atoms with Crippen LogP contribution in [-0.2, 0) is 17.7 Å². The molecule has 3 rings (SSSR count). The highest BCUT2D eigenvalue weighted by atomic mass is 16.6. The van der Waals surface area contributed by atoms with Gasteiger partial charge in [-0.15, -0.1) is 0 Å². The fraction of sp³-hybridized carbons (Fsp3) is 0.419. The van der Waals surface area contributed by atoms with Crippen LogP contribution < -0.4 is 5.32 Å². The maximum atomic E-state index is 12.6. The maximum absolute atomic E-state index is 12.6. The second kappa shape index (κ2) is 13.4. The molecule has 0 fully saturated rings. The van der Waals surface area contributed by atoms with Crippen LogP contribution in [0.3, 0.4) is 0 Å². The Balaban J connectivity index is 1.72. The van der Waals surface area contributed by atoms with E-state index in [1.54, 1.807) is 6.20 Å². The van der Waals surface area contributed by atoms with Gasteiger partial charge in [0.1, 0.15) is 5.60 Å². The first-order valence-corrected chi connectivity index (χ1v) is 13.0. The van der Waals surface area contributed by atoms with E-state index in [0.717, 1.165) is 28.9 Å². The molecule has 2 N–H and O–H groups in total. The van der Waals surface area contributed by atoms with Gasteiger partial charge in [0.2, 0.25) is 0 Å². The Morgan fingerprint density at radius 1 is 0.946 bits per heavy atom. The van der Waals surface area contributed by atoms with E-state index in [1.807, 2.05) is 69.3 Å². The number of nitrogens with one attached hydrogen (secondary N) is 1. The SMILES string of the molecule is CC(C)CN(Cc1ccc(-c2ccccn2)cc1)C[C@@H](O)[C@H](Cc1ccccc1)NC(=O)OC(C)(C)C. The van der Waals surface area contributed by atoms with Crippen molar-refractivity contribution in [3.8, 4) is 11.3 Å². The molecule has 0 saturated carbocycles. The number of benzene rings is 2. The van der Waals surface area contributed by atoms with Crippen LogP contribution in [0.25, 0.3) is 11.3 Å². The number of hydrogen-bond donors (Lipinski definition) is 2. The van der Waals surface area contributed by atoms with E-state index < -0.39 is 23.8 Å². The van der Waals surface area contributed by atoms with Gasteiger partial charge in [-0.3, -0.25) is 9.88 Å². The smallest absolute Gasteiger partial charge is 0.407 e. The molecule has 0 aliphatic carbocycles. The molecular weight excluding hydrogens is 462 g/mol. The van der Waals surface area contributed by atoms with E-state index in [-0.39, 0.29) is 0 Å². The van der Waals surface area contributed by atoms with Crippen molar-refractivity contribution in [3.63, 3.8) is 0 Å². The Hall–Kier alpha value is -3.22. The van der Waals surface area contributed by atoms with Gasteiger partial charge < -0.3 is 15.2 Å². The fourth-order valence-corrected chi connectivity index (χ4v) is 4.29. The van der Waals surface area contributed by atoms with Gasteiger partial charge in [-0.25, -0.2) is 4.79 Å². The third-order valence-corrected chi connectivity index (χ3v) is 5.85. The second-order valence-corrected chi connectivity index (χ2v) is 11.0. The molecule has 2 aromatic carbocycles. The summed E-state index contributed by atoms with van der Waals surface area (Å²) in [6, 6.07) is 23.7. The summed E-state index contributed by atoms with van der Waals surface area (Å²) in [6.45, 7) is 11.8. The Morgan fingerprint density at radius 2 is 1.62 bits per heavy atom. The molecular formula is C31H41N3O3. The summed E-state index contributed by atoms with van der Waals surface area (Å²) in [5.41, 5.74) is 3.61. The molecule has 6 heteroatoms.